The van der Waals surface area contributed by atoms with E-state index in [1.54, 1.807) is 0 Å². The van der Waals surface area contributed by atoms with E-state index < -0.39 is 5.97 Å². The quantitative estimate of drug-likeness (QED) is 0.692. The first kappa shape index (κ1) is 16.8. The van der Waals surface area contributed by atoms with Crippen molar-refractivity contribution in [1.82, 2.24) is 0 Å². The highest BCUT2D eigenvalue weighted by Gasteiger charge is 2.09. The van der Waals surface area contributed by atoms with Crippen LogP contribution in [-0.4, -0.2) is 11.1 Å². The molecule has 0 amide bonds. The van der Waals surface area contributed by atoms with E-state index in [0.29, 0.717) is 0 Å². The summed E-state index contributed by atoms with van der Waals surface area (Å²) in [7, 11) is 0. The number of carbonyl (C=O) groups is 1. The van der Waals surface area contributed by atoms with Gasteiger partial charge in [-0.3, -0.25) is 4.79 Å². The first-order valence-electron chi connectivity index (χ1n) is 8.34. The summed E-state index contributed by atoms with van der Waals surface area (Å²) in [5, 5.41) is 8.92. The first-order valence-corrected chi connectivity index (χ1v) is 8.34. The zero-order valence-corrected chi connectivity index (χ0v) is 14.0. The molecule has 126 valence electrons. The molecule has 0 aliphatic rings. The summed E-state index contributed by atoms with van der Waals surface area (Å²) in [4.78, 5) is 13.2. The van der Waals surface area contributed by atoms with Crippen molar-refractivity contribution in [3.8, 4) is 0 Å². The lowest BCUT2D eigenvalue weighted by Crippen LogP contribution is -2.22. The summed E-state index contributed by atoms with van der Waals surface area (Å²) in [6.45, 7) is 1.60. The molecule has 0 aliphatic carbocycles. The minimum Gasteiger partial charge on any atom is -0.481 e. The molecule has 0 heterocycles. The van der Waals surface area contributed by atoms with Crippen molar-refractivity contribution in [2.75, 3.05) is 4.90 Å². The Kier molecular flexibility index (Phi) is 5.47. The summed E-state index contributed by atoms with van der Waals surface area (Å²) in [6, 6.07) is 28.5. The van der Waals surface area contributed by atoms with Gasteiger partial charge in [0.05, 0.1) is 6.42 Å². The monoisotopic (exact) mass is 331 g/mol. The smallest absolute Gasteiger partial charge is 0.307 e. The third kappa shape index (κ3) is 4.95. The third-order valence-corrected chi connectivity index (χ3v) is 4.09. The molecular formula is C22H21NO2. The highest BCUT2D eigenvalue weighted by molar-refractivity contribution is 5.70. The van der Waals surface area contributed by atoms with E-state index in [-0.39, 0.29) is 6.42 Å². The second-order valence-electron chi connectivity index (χ2n) is 6.06. The Balaban J connectivity index is 1.83. The maximum Gasteiger partial charge on any atom is 0.307 e. The van der Waals surface area contributed by atoms with Gasteiger partial charge < -0.3 is 10.0 Å². The van der Waals surface area contributed by atoms with Crippen LogP contribution in [0.25, 0.3) is 0 Å². The number of rotatable bonds is 7. The number of hydrogen-bond acceptors (Lipinski definition) is 2. The van der Waals surface area contributed by atoms with Crippen LogP contribution in [0.5, 0.6) is 0 Å². The fraction of sp³-hybridized carbons (Fsp3) is 0.136. The van der Waals surface area contributed by atoms with E-state index in [0.717, 1.165) is 24.3 Å². The van der Waals surface area contributed by atoms with Gasteiger partial charge in [-0.05, 0) is 28.8 Å². The Morgan fingerprint density at radius 3 is 1.60 bits per heavy atom. The topological polar surface area (TPSA) is 40.5 Å². The second kappa shape index (κ2) is 8.15. The molecule has 0 aromatic heterocycles. The minimum absolute atomic E-state index is 0.0532. The third-order valence-electron chi connectivity index (χ3n) is 4.09. The number of nitrogens with zero attached hydrogens (tertiary/aromatic N) is 1. The first-order chi connectivity index (χ1) is 12.2. The number of carboxylic acids is 1. The van der Waals surface area contributed by atoms with Gasteiger partial charge in [-0.15, -0.1) is 0 Å². The fourth-order valence-electron chi connectivity index (χ4n) is 2.85. The van der Waals surface area contributed by atoms with Crippen LogP contribution in [-0.2, 0) is 24.3 Å². The standard InChI is InChI=1S/C22H21NO2/c24-22(25)15-18-11-13-21(14-12-18)23(16-19-7-3-1-4-8-19)17-20-9-5-2-6-10-20/h1-14H,15-17H2,(H,24,25). The number of anilines is 1. The van der Waals surface area contributed by atoms with Crippen LogP contribution in [0.15, 0.2) is 84.9 Å². The molecule has 3 heteroatoms. The lowest BCUT2D eigenvalue weighted by atomic mass is 10.1. The van der Waals surface area contributed by atoms with Gasteiger partial charge in [0, 0.05) is 18.8 Å². The van der Waals surface area contributed by atoms with Crippen LogP contribution < -0.4 is 4.90 Å². The average Bonchev–Trinajstić information content (AvgIpc) is 2.63. The number of aliphatic carboxylic acids is 1. The Morgan fingerprint density at radius 1 is 0.680 bits per heavy atom. The molecule has 3 nitrogen and oxygen atoms in total. The van der Waals surface area contributed by atoms with Gasteiger partial charge in [-0.1, -0.05) is 72.8 Å². The molecule has 0 aliphatic heterocycles. The maximum atomic E-state index is 10.9. The number of hydrogen-bond donors (Lipinski definition) is 1. The number of benzene rings is 3. The van der Waals surface area contributed by atoms with Crippen LogP contribution in [0.4, 0.5) is 5.69 Å². The van der Waals surface area contributed by atoms with Gasteiger partial charge in [0.15, 0.2) is 0 Å². The molecule has 0 fully saturated rings. The summed E-state index contributed by atoms with van der Waals surface area (Å²) >= 11 is 0. The maximum absolute atomic E-state index is 10.9. The number of carboxylic acid groups (broad SMARTS) is 1. The Morgan fingerprint density at radius 2 is 1.16 bits per heavy atom. The van der Waals surface area contributed by atoms with Crippen molar-refractivity contribution in [3.63, 3.8) is 0 Å². The summed E-state index contributed by atoms with van der Waals surface area (Å²) in [5.41, 5.74) is 4.39. The van der Waals surface area contributed by atoms with Crippen molar-refractivity contribution in [3.05, 3.63) is 102 Å². The Bertz CT molecular complexity index is 757. The van der Waals surface area contributed by atoms with Crippen molar-refractivity contribution in [2.24, 2.45) is 0 Å². The van der Waals surface area contributed by atoms with Gasteiger partial charge in [-0.25, -0.2) is 0 Å². The van der Waals surface area contributed by atoms with Gasteiger partial charge in [0.25, 0.3) is 0 Å². The minimum atomic E-state index is -0.807. The van der Waals surface area contributed by atoms with Gasteiger partial charge in [-0.2, -0.15) is 0 Å². The lowest BCUT2D eigenvalue weighted by molar-refractivity contribution is -0.136. The highest BCUT2D eigenvalue weighted by Crippen LogP contribution is 2.21. The molecule has 0 saturated heterocycles. The molecule has 3 rings (SSSR count). The van der Waals surface area contributed by atoms with Gasteiger partial charge >= 0.3 is 5.97 Å². The van der Waals surface area contributed by atoms with Crippen LogP contribution in [0.2, 0.25) is 0 Å². The molecule has 3 aromatic rings. The Hall–Kier alpha value is -3.07. The summed E-state index contributed by atoms with van der Waals surface area (Å²) < 4.78 is 0. The van der Waals surface area contributed by atoms with Gasteiger partial charge in [0.1, 0.15) is 0 Å². The van der Waals surface area contributed by atoms with Crippen molar-refractivity contribution in [1.29, 1.82) is 0 Å². The SMILES string of the molecule is O=C(O)Cc1ccc(N(Cc2ccccc2)Cc2ccccc2)cc1. The molecule has 0 unspecified atom stereocenters. The molecule has 0 bridgehead atoms. The van der Waals surface area contributed by atoms with E-state index in [9.17, 15) is 4.79 Å². The van der Waals surface area contributed by atoms with Gasteiger partial charge in [0.2, 0.25) is 0 Å². The van der Waals surface area contributed by atoms with Crippen LogP contribution in [0, 0.1) is 0 Å². The predicted molar refractivity (Wildman–Crippen MR) is 101 cm³/mol. The molecule has 0 spiro atoms. The predicted octanol–water partition coefficient (Wildman–Crippen LogP) is 4.52. The van der Waals surface area contributed by atoms with Crippen LogP contribution in [0.1, 0.15) is 16.7 Å². The zero-order valence-electron chi connectivity index (χ0n) is 14.0. The lowest BCUT2D eigenvalue weighted by Gasteiger charge is -2.25. The van der Waals surface area contributed by atoms with E-state index in [4.69, 9.17) is 5.11 Å². The highest BCUT2D eigenvalue weighted by atomic mass is 16.4. The molecular weight excluding hydrogens is 310 g/mol. The second-order valence-corrected chi connectivity index (χ2v) is 6.06. The molecule has 25 heavy (non-hydrogen) atoms. The van der Waals surface area contributed by atoms with Crippen LogP contribution in [0.3, 0.4) is 0 Å². The molecule has 0 radical (unpaired) electrons. The molecule has 0 saturated carbocycles. The largest absolute Gasteiger partial charge is 0.481 e. The van der Waals surface area contributed by atoms with Crippen molar-refractivity contribution in [2.45, 2.75) is 19.5 Å². The fourth-order valence-corrected chi connectivity index (χ4v) is 2.85. The molecule has 3 aromatic carbocycles. The van der Waals surface area contributed by atoms with Crippen molar-refractivity contribution >= 4 is 11.7 Å². The molecule has 1 N–H and O–H groups in total. The van der Waals surface area contributed by atoms with E-state index in [1.807, 2.05) is 60.7 Å². The zero-order chi connectivity index (χ0) is 17.5. The summed E-state index contributed by atoms with van der Waals surface area (Å²) in [6.07, 6.45) is 0.0532. The van der Waals surface area contributed by atoms with Crippen LogP contribution >= 0.6 is 0 Å². The average molecular weight is 331 g/mol. The summed E-state index contributed by atoms with van der Waals surface area (Å²) in [5.74, 6) is -0.807. The van der Waals surface area contributed by atoms with Crippen molar-refractivity contribution < 1.29 is 9.90 Å². The van der Waals surface area contributed by atoms with E-state index >= 15 is 0 Å². The van der Waals surface area contributed by atoms with E-state index in [2.05, 4.69) is 29.2 Å². The Labute approximate surface area is 148 Å². The van der Waals surface area contributed by atoms with E-state index in [1.165, 1.54) is 11.1 Å². The molecule has 0 atom stereocenters. The normalized spacial score (nSPS) is 10.4.